The van der Waals surface area contributed by atoms with Crippen LogP contribution in [0.1, 0.15) is 17.2 Å². The summed E-state index contributed by atoms with van der Waals surface area (Å²) in [5.41, 5.74) is 7.48. The lowest BCUT2D eigenvalue weighted by atomic mass is 10.1. The molecule has 0 saturated heterocycles. The van der Waals surface area contributed by atoms with E-state index in [1.165, 1.54) is 5.56 Å². The van der Waals surface area contributed by atoms with Crippen molar-refractivity contribution in [3.8, 4) is 0 Å². The zero-order valence-corrected chi connectivity index (χ0v) is 8.53. The van der Waals surface area contributed by atoms with Gasteiger partial charge in [-0.3, -0.25) is 0 Å². The quantitative estimate of drug-likeness (QED) is 0.601. The van der Waals surface area contributed by atoms with Crippen molar-refractivity contribution < 1.29 is 5.11 Å². The normalized spacial score (nSPS) is 12.8. The Labute approximate surface area is 84.9 Å². The lowest BCUT2D eigenvalue weighted by Crippen LogP contribution is -2.27. The van der Waals surface area contributed by atoms with E-state index in [0.717, 1.165) is 12.1 Å². The van der Waals surface area contributed by atoms with Gasteiger partial charge < -0.3 is 16.2 Å². The first-order valence-corrected chi connectivity index (χ1v) is 4.89. The van der Waals surface area contributed by atoms with Crippen LogP contribution in [-0.4, -0.2) is 24.7 Å². The number of nitrogens with one attached hydrogen (secondary N) is 1. The van der Waals surface area contributed by atoms with Crippen LogP contribution in [-0.2, 0) is 0 Å². The Morgan fingerprint density at radius 2 is 2.00 bits per heavy atom. The van der Waals surface area contributed by atoms with Crippen LogP contribution in [0.5, 0.6) is 0 Å². The van der Waals surface area contributed by atoms with Gasteiger partial charge in [0.05, 0.1) is 6.10 Å². The second-order valence-corrected chi connectivity index (χ2v) is 3.42. The Morgan fingerprint density at radius 3 is 2.57 bits per heavy atom. The monoisotopic (exact) mass is 194 g/mol. The van der Waals surface area contributed by atoms with Gasteiger partial charge in [-0.05, 0) is 12.5 Å². The highest BCUT2D eigenvalue weighted by Gasteiger charge is 2.05. The van der Waals surface area contributed by atoms with E-state index in [2.05, 4.69) is 5.32 Å². The number of nitrogens with two attached hydrogens (primary N) is 1. The summed E-state index contributed by atoms with van der Waals surface area (Å²) in [4.78, 5) is 0. The minimum Gasteiger partial charge on any atom is -0.387 e. The van der Waals surface area contributed by atoms with E-state index in [9.17, 15) is 5.11 Å². The molecular weight excluding hydrogens is 176 g/mol. The van der Waals surface area contributed by atoms with Gasteiger partial charge in [-0.1, -0.05) is 29.8 Å². The van der Waals surface area contributed by atoms with Crippen LogP contribution >= 0.6 is 0 Å². The number of hydrogen-bond acceptors (Lipinski definition) is 3. The minimum atomic E-state index is -0.442. The number of hydrogen-bond donors (Lipinski definition) is 3. The lowest BCUT2D eigenvalue weighted by Gasteiger charge is -2.11. The molecule has 0 aliphatic heterocycles. The van der Waals surface area contributed by atoms with Crippen LogP contribution in [0.3, 0.4) is 0 Å². The molecular formula is C11H18N2O. The van der Waals surface area contributed by atoms with E-state index in [-0.39, 0.29) is 0 Å². The third kappa shape index (κ3) is 3.46. The topological polar surface area (TPSA) is 58.3 Å². The van der Waals surface area contributed by atoms with Gasteiger partial charge in [0.15, 0.2) is 0 Å². The van der Waals surface area contributed by atoms with Gasteiger partial charge in [0.2, 0.25) is 0 Å². The molecule has 0 aliphatic rings. The summed E-state index contributed by atoms with van der Waals surface area (Å²) >= 11 is 0. The predicted molar refractivity (Wildman–Crippen MR) is 58.1 cm³/mol. The maximum Gasteiger partial charge on any atom is 0.0914 e. The fourth-order valence-corrected chi connectivity index (χ4v) is 1.25. The number of benzene rings is 1. The van der Waals surface area contributed by atoms with Crippen LogP contribution in [0.25, 0.3) is 0 Å². The summed E-state index contributed by atoms with van der Waals surface area (Å²) in [6, 6.07) is 7.90. The fourth-order valence-electron chi connectivity index (χ4n) is 1.25. The third-order valence-electron chi connectivity index (χ3n) is 2.12. The van der Waals surface area contributed by atoms with E-state index in [0.29, 0.717) is 13.1 Å². The first-order valence-electron chi connectivity index (χ1n) is 4.89. The van der Waals surface area contributed by atoms with Crippen molar-refractivity contribution >= 4 is 0 Å². The highest BCUT2D eigenvalue weighted by molar-refractivity contribution is 5.23. The zero-order valence-electron chi connectivity index (χ0n) is 8.53. The molecule has 0 saturated carbocycles. The second-order valence-electron chi connectivity index (χ2n) is 3.42. The minimum absolute atomic E-state index is 0.442. The molecule has 0 amide bonds. The summed E-state index contributed by atoms with van der Waals surface area (Å²) in [6.07, 6.45) is -0.442. The molecule has 0 spiro atoms. The number of aryl methyl sites for hydroxylation is 1. The number of rotatable bonds is 5. The van der Waals surface area contributed by atoms with Crippen LogP contribution in [0, 0.1) is 6.92 Å². The first kappa shape index (κ1) is 11.2. The van der Waals surface area contributed by atoms with Crippen molar-refractivity contribution in [3.05, 3.63) is 35.4 Å². The van der Waals surface area contributed by atoms with Crippen molar-refractivity contribution in [2.24, 2.45) is 5.73 Å². The highest BCUT2D eigenvalue weighted by atomic mass is 16.3. The summed E-state index contributed by atoms with van der Waals surface area (Å²) in [5.74, 6) is 0. The predicted octanol–water partition coefficient (Wildman–Crippen LogP) is 0.577. The third-order valence-corrected chi connectivity index (χ3v) is 2.12. The molecule has 4 N–H and O–H groups in total. The van der Waals surface area contributed by atoms with Gasteiger partial charge in [0, 0.05) is 19.6 Å². The summed E-state index contributed by atoms with van der Waals surface area (Å²) < 4.78 is 0. The Balaban J connectivity index is 2.43. The van der Waals surface area contributed by atoms with Crippen molar-refractivity contribution in [2.75, 3.05) is 19.6 Å². The van der Waals surface area contributed by atoms with Crippen molar-refractivity contribution in [1.82, 2.24) is 5.32 Å². The molecule has 1 aromatic rings. The van der Waals surface area contributed by atoms with Crippen molar-refractivity contribution in [2.45, 2.75) is 13.0 Å². The van der Waals surface area contributed by atoms with Crippen LogP contribution in [0.4, 0.5) is 0 Å². The van der Waals surface area contributed by atoms with Crippen LogP contribution < -0.4 is 11.1 Å². The van der Waals surface area contributed by atoms with Gasteiger partial charge in [0.1, 0.15) is 0 Å². The van der Waals surface area contributed by atoms with Gasteiger partial charge in [-0.25, -0.2) is 0 Å². The number of aliphatic hydroxyl groups is 1. The van der Waals surface area contributed by atoms with E-state index in [4.69, 9.17) is 5.73 Å². The van der Waals surface area contributed by atoms with Gasteiger partial charge in [-0.2, -0.15) is 0 Å². The summed E-state index contributed by atoms with van der Waals surface area (Å²) in [5, 5.41) is 12.8. The van der Waals surface area contributed by atoms with Gasteiger partial charge in [-0.15, -0.1) is 0 Å². The largest absolute Gasteiger partial charge is 0.387 e. The average molecular weight is 194 g/mol. The van der Waals surface area contributed by atoms with E-state index in [1.807, 2.05) is 31.2 Å². The zero-order chi connectivity index (χ0) is 10.4. The molecule has 1 atom stereocenters. The molecule has 0 heterocycles. The van der Waals surface area contributed by atoms with E-state index >= 15 is 0 Å². The maximum atomic E-state index is 9.73. The summed E-state index contributed by atoms with van der Waals surface area (Å²) in [7, 11) is 0. The molecule has 0 bridgehead atoms. The van der Waals surface area contributed by atoms with Gasteiger partial charge in [0.25, 0.3) is 0 Å². The van der Waals surface area contributed by atoms with Crippen molar-refractivity contribution in [3.63, 3.8) is 0 Å². The molecule has 0 aromatic heterocycles. The Kier molecular flexibility index (Phi) is 4.59. The first-order chi connectivity index (χ1) is 6.74. The molecule has 3 nitrogen and oxygen atoms in total. The second kappa shape index (κ2) is 5.75. The van der Waals surface area contributed by atoms with E-state index < -0.39 is 6.10 Å². The molecule has 3 heteroatoms. The molecule has 78 valence electrons. The van der Waals surface area contributed by atoms with Crippen LogP contribution in [0.2, 0.25) is 0 Å². The molecule has 0 radical (unpaired) electrons. The summed E-state index contributed by atoms with van der Waals surface area (Å²) in [6.45, 7) is 3.92. The fraction of sp³-hybridized carbons (Fsp3) is 0.455. The molecule has 1 rings (SSSR count). The average Bonchev–Trinajstić information content (AvgIpc) is 2.19. The standard InChI is InChI=1S/C11H18N2O/c1-9-2-4-10(5-3-9)11(14)8-13-7-6-12/h2-5,11,13-14H,6-8,12H2,1H3. The molecule has 0 aliphatic carbocycles. The Bertz CT molecular complexity index is 258. The Morgan fingerprint density at radius 1 is 1.36 bits per heavy atom. The lowest BCUT2D eigenvalue weighted by molar-refractivity contribution is 0.175. The SMILES string of the molecule is Cc1ccc(C(O)CNCCN)cc1. The van der Waals surface area contributed by atoms with Crippen molar-refractivity contribution in [1.29, 1.82) is 0 Å². The smallest absolute Gasteiger partial charge is 0.0914 e. The molecule has 0 fully saturated rings. The van der Waals surface area contributed by atoms with Crippen LogP contribution in [0.15, 0.2) is 24.3 Å². The molecule has 1 aromatic carbocycles. The maximum absolute atomic E-state index is 9.73. The Hall–Kier alpha value is -0.900. The van der Waals surface area contributed by atoms with Gasteiger partial charge >= 0.3 is 0 Å². The molecule has 1 unspecified atom stereocenters. The highest BCUT2D eigenvalue weighted by Crippen LogP contribution is 2.12. The molecule has 14 heavy (non-hydrogen) atoms. The number of aliphatic hydroxyl groups excluding tert-OH is 1. The van der Waals surface area contributed by atoms with E-state index in [1.54, 1.807) is 0 Å².